The van der Waals surface area contributed by atoms with E-state index in [2.05, 4.69) is 20.5 Å². The zero-order valence-corrected chi connectivity index (χ0v) is 21.0. The summed E-state index contributed by atoms with van der Waals surface area (Å²) >= 11 is 7.40. The minimum Gasteiger partial charge on any atom is -0.465 e. The van der Waals surface area contributed by atoms with Crippen molar-refractivity contribution in [1.29, 1.82) is 0 Å². The summed E-state index contributed by atoms with van der Waals surface area (Å²) < 4.78 is 11.3. The largest absolute Gasteiger partial charge is 0.465 e. The van der Waals surface area contributed by atoms with E-state index < -0.39 is 0 Å². The number of halogens is 1. The Kier molecular flexibility index (Phi) is 8.75. The minimum atomic E-state index is -0.333. The van der Waals surface area contributed by atoms with E-state index >= 15 is 0 Å². The minimum absolute atomic E-state index is 0.0513. The molecular formula is C24H28ClN5O4S. The van der Waals surface area contributed by atoms with Gasteiger partial charge in [0.25, 0.3) is 0 Å². The number of thiazole rings is 1. The van der Waals surface area contributed by atoms with Gasteiger partial charge in [-0.15, -0.1) is 0 Å². The number of urea groups is 1. The number of carbonyl (C=O) groups is 2. The molecular weight excluding hydrogens is 490 g/mol. The number of carbonyl (C=O) groups excluding carboxylic acids is 2. The summed E-state index contributed by atoms with van der Waals surface area (Å²) in [4.78, 5) is 33.5. The second-order valence-electron chi connectivity index (χ2n) is 7.87. The molecule has 1 fully saturated rings. The molecule has 1 aliphatic rings. The summed E-state index contributed by atoms with van der Waals surface area (Å²) in [5.74, 6) is -0.333. The molecule has 0 bridgehead atoms. The molecule has 0 aliphatic carbocycles. The number of morpholine rings is 1. The van der Waals surface area contributed by atoms with Crippen molar-refractivity contribution < 1.29 is 19.1 Å². The number of amides is 2. The van der Waals surface area contributed by atoms with E-state index in [9.17, 15) is 9.59 Å². The van der Waals surface area contributed by atoms with Crippen molar-refractivity contribution in [3.05, 3.63) is 47.5 Å². The number of nitrogens with one attached hydrogen (secondary N) is 2. The molecule has 1 aromatic heterocycles. The lowest BCUT2D eigenvalue weighted by atomic mass is 10.2. The van der Waals surface area contributed by atoms with E-state index in [0.717, 1.165) is 35.5 Å². The molecule has 9 nitrogen and oxygen atoms in total. The van der Waals surface area contributed by atoms with Gasteiger partial charge in [0.15, 0.2) is 5.13 Å². The van der Waals surface area contributed by atoms with Crippen molar-refractivity contribution in [2.75, 3.05) is 68.1 Å². The van der Waals surface area contributed by atoms with Crippen molar-refractivity contribution in [3.63, 3.8) is 0 Å². The third-order valence-corrected chi connectivity index (χ3v) is 6.69. The summed E-state index contributed by atoms with van der Waals surface area (Å²) in [7, 11) is 0. The molecule has 4 rings (SSSR count). The van der Waals surface area contributed by atoms with Crippen LogP contribution < -0.4 is 15.5 Å². The lowest BCUT2D eigenvalue weighted by Gasteiger charge is -2.30. The Labute approximate surface area is 213 Å². The highest BCUT2D eigenvalue weighted by atomic mass is 35.5. The van der Waals surface area contributed by atoms with Crippen molar-refractivity contribution >= 4 is 61.7 Å². The van der Waals surface area contributed by atoms with E-state index in [-0.39, 0.29) is 18.5 Å². The molecule has 0 radical (unpaired) electrons. The molecule has 2 heterocycles. The van der Waals surface area contributed by atoms with Crippen LogP contribution in [0.3, 0.4) is 0 Å². The zero-order valence-electron chi connectivity index (χ0n) is 19.5. The van der Waals surface area contributed by atoms with Crippen LogP contribution in [0.1, 0.15) is 6.92 Å². The molecule has 11 heteroatoms. The summed E-state index contributed by atoms with van der Waals surface area (Å²) in [6, 6.07) is 12.5. The van der Waals surface area contributed by atoms with Gasteiger partial charge in [-0.25, -0.2) is 9.78 Å². The summed E-state index contributed by atoms with van der Waals surface area (Å²) in [5, 5.41) is 7.20. The Hall–Kier alpha value is -2.92. The lowest BCUT2D eigenvalue weighted by molar-refractivity contribution is -0.140. The fourth-order valence-electron chi connectivity index (χ4n) is 3.65. The number of hydrogen-bond acceptors (Lipinski definition) is 8. The molecule has 1 aliphatic heterocycles. The van der Waals surface area contributed by atoms with Crippen LogP contribution in [0, 0.1) is 0 Å². The van der Waals surface area contributed by atoms with E-state index in [4.69, 9.17) is 21.1 Å². The van der Waals surface area contributed by atoms with Crippen LogP contribution in [-0.2, 0) is 14.3 Å². The Balaban J connectivity index is 1.52. The first-order chi connectivity index (χ1) is 17.0. The number of nitrogens with zero attached hydrogens (tertiary/aromatic N) is 3. The predicted molar refractivity (Wildman–Crippen MR) is 140 cm³/mol. The maximum Gasteiger partial charge on any atom is 0.326 e. The SMILES string of the molecule is CCOC(=O)CNc1nc2ccc(N(CCN3CCOCC3)C(=O)Nc3ccc(Cl)cc3)cc2s1. The van der Waals surface area contributed by atoms with Crippen molar-refractivity contribution in [2.24, 2.45) is 0 Å². The normalized spacial score (nSPS) is 14.0. The van der Waals surface area contributed by atoms with Gasteiger partial charge in [-0.3, -0.25) is 14.6 Å². The van der Waals surface area contributed by atoms with E-state index in [1.807, 2.05) is 18.2 Å². The Bertz CT molecular complexity index is 1150. The van der Waals surface area contributed by atoms with Crippen LogP contribution >= 0.6 is 22.9 Å². The first-order valence-electron chi connectivity index (χ1n) is 11.5. The quantitative estimate of drug-likeness (QED) is 0.409. The molecule has 2 aromatic carbocycles. The van der Waals surface area contributed by atoms with E-state index in [1.54, 1.807) is 36.1 Å². The van der Waals surface area contributed by atoms with Crippen LogP contribution in [0.5, 0.6) is 0 Å². The molecule has 2 N–H and O–H groups in total. The average Bonchev–Trinajstić information content (AvgIpc) is 3.27. The second kappa shape index (κ2) is 12.2. The second-order valence-corrected chi connectivity index (χ2v) is 9.34. The fraction of sp³-hybridized carbons (Fsp3) is 0.375. The standard InChI is InChI=1S/C24H28ClN5O4S/c1-2-34-22(31)16-26-23-28-20-8-7-19(15-21(20)35-23)30(10-9-29-11-13-33-14-12-29)24(32)27-18-5-3-17(25)4-6-18/h3-8,15H,2,9-14,16H2,1H3,(H,26,28)(H,27,32). The monoisotopic (exact) mass is 517 g/mol. The molecule has 0 atom stereocenters. The number of ether oxygens (including phenoxy) is 2. The van der Waals surface area contributed by atoms with Crippen LogP contribution in [0.4, 0.5) is 21.3 Å². The molecule has 0 unspecified atom stereocenters. The zero-order chi connectivity index (χ0) is 24.6. The van der Waals surface area contributed by atoms with Crippen molar-refractivity contribution in [2.45, 2.75) is 6.92 Å². The fourth-order valence-corrected chi connectivity index (χ4v) is 4.68. The number of aromatic nitrogens is 1. The van der Waals surface area contributed by atoms with Gasteiger partial charge in [0.2, 0.25) is 0 Å². The molecule has 35 heavy (non-hydrogen) atoms. The number of benzene rings is 2. The van der Waals surface area contributed by atoms with E-state index in [1.165, 1.54) is 11.3 Å². The first-order valence-corrected chi connectivity index (χ1v) is 12.7. The van der Waals surface area contributed by atoms with Crippen LogP contribution in [-0.4, -0.2) is 74.4 Å². The highest BCUT2D eigenvalue weighted by Gasteiger charge is 2.20. The van der Waals surface area contributed by atoms with Gasteiger partial charge in [-0.2, -0.15) is 0 Å². The van der Waals surface area contributed by atoms with Gasteiger partial charge < -0.3 is 20.1 Å². The molecule has 186 valence electrons. The lowest BCUT2D eigenvalue weighted by Crippen LogP contribution is -2.44. The van der Waals surface area contributed by atoms with Gasteiger partial charge in [0.05, 0.1) is 30.0 Å². The molecule has 3 aromatic rings. The summed E-state index contributed by atoms with van der Waals surface area (Å²) in [6.07, 6.45) is 0. The van der Waals surface area contributed by atoms with Gasteiger partial charge in [-0.05, 0) is 49.4 Å². The smallest absolute Gasteiger partial charge is 0.326 e. The Morgan fingerprint density at radius 3 is 2.71 bits per heavy atom. The third kappa shape index (κ3) is 7.04. The molecule has 0 saturated carbocycles. The highest BCUT2D eigenvalue weighted by Crippen LogP contribution is 2.30. The number of rotatable bonds is 9. The van der Waals surface area contributed by atoms with Crippen molar-refractivity contribution in [1.82, 2.24) is 9.88 Å². The maximum absolute atomic E-state index is 13.3. The first kappa shape index (κ1) is 25.2. The number of hydrogen-bond donors (Lipinski definition) is 2. The van der Waals surface area contributed by atoms with Crippen LogP contribution in [0.25, 0.3) is 10.2 Å². The van der Waals surface area contributed by atoms with E-state index in [0.29, 0.717) is 42.2 Å². The topological polar surface area (TPSA) is 96.0 Å². The molecule has 0 spiro atoms. The predicted octanol–water partition coefficient (Wildman–Crippen LogP) is 4.30. The summed E-state index contributed by atoms with van der Waals surface area (Å²) in [5.41, 5.74) is 2.22. The maximum atomic E-state index is 13.3. The number of anilines is 3. The average molecular weight is 518 g/mol. The highest BCUT2D eigenvalue weighted by molar-refractivity contribution is 7.22. The Morgan fingerprint density at radius 1 is 1.20 bits per heavy atom. The van der Waals surface area contributed by atoms with Gasteiger partial charge in [0.1, 0.15) is 6.54 Å². The number of fused-ring (bicyclic) bond motifs is 1. The van der Waals surface area contributed by atoms with Gasteiger partial charge in [0, 0.05) is 42.6 Å². The van der Waals surface area contributed by atoms with Crippen LogP contribution in [0.2, 0.25) is 5.02 Å². The van der Waals surface area contributed by atoms with Gasteiger partial charge in [-0.1, -0.05) is 22.9 Å². The van der Waals surface area contributed by atoms with Crippen LogP contribution in [0.15, 0.2) is 42.5 Å². The Morgan fingerprint density at radius 2 is 1.97 bits per heavy atom. The molecule has 1 saturated heterocycles. The summed E-state index contributed by atoms with van der Waals surface area (Å²) in [6.45, 7) is 6.48. The third-order valence-electron chi connectivity index (χ3n) is 5.46. The number of esters is 1. The molecule has 2 amide bonds. The van der Waals surface area contributed by atoms with Crippen molar-refractivity contribution in [3.8, 4) is 0 Å². The van der Waals surface area contributed by atoms with Gasteiger partial charge >= 0.3 is 12.0 Å².